The van der Waals surface area contributed by atoms with E-state index in [9.17, 15) is 13.2 Å². The van der Waals surface area contributed by atoms with Crippen LogP contribution in [0.25, 0.3) is 0 Å². The first-order valence-electron chi connectivity index (χ1n) is 4.34. The van der Waals surface area contributed by atoms with Crippen LogP contribution in [0.3, 0.4) is 0 Å². The highest BCUT2D eigenvalue weighted by molar-refractivity contribution is 5.20. The van der Waals surface area contributed by atoms with Gasteiger partial charge in [-0.25, -0.2) is 0 Å². The minimum Gasteiger partial charge on any atom is -0.292 e. The molecule has 15 heavy (non-hydrogen) atoms. The summed E-state index contributed by atoms with van der Waals surface area (Å²) in [4.78, 5) is 0. The van der Waals surface area contributed by atoms with Gasteiger partial charge in [0.25, 0.3) is 0 Å². The molecule has 0 saturated carbocycles. The van der Waals surface area contributed by atoms with E-state index >= 15 is 0 Å². The molecule has 0 amide bonds. The van der Waals surface area contributed by atoms with Crippen molar-refractivity contribution in [2.75, 3.05) is 6.54 Å². The van der Waals surface area contributed by atoms with Crippen LogP contribution >= 0.6 is 0 Å². The molecule has 1 atom stereocenters. The highest BCUT2D eigenvalue weighted by Gasteiger charge is 2.40. The zero-order chi connectivity index (χ0) is 11.3. The van der Waals surface area contributed by atoms with Crippen LogP contribution in [0.4, 0.5) is 13.2 Å². The standard InChI is InChI=1S/C11H10F3N/c1-2-8-15-10(11(12,13)14)9-6-4-3-5-7-9/h1,3-7,10,15H,8H2. The summed E-state index contributed by atoms with van der Waals surface area (Å²) in [6, 6.07) is 5.92. The van der Waals surface area contributed by atoms with Gasteiger partial charge in [-0.2, -0.15) is 13.2 Å². The third kappa shape index (κ3) is 3.30. The van der Waals surface area contributed by atoms with Crippen molar-refractivity contribution >= 4 is 0 Å². The van der Waals surface area contributed by atoms with E-state index in [-0.39, 0.29) is 12.1 Å². The van der Waals surface area contributed by atoms with E-state index in [1.165, 1.54) is 12.1 Å². The van der Waals surface area contributed by atoms with Gasteiger partial charge in [-0.3, -0.25) is 5.32 Å². The molecule has 1 rings (SSSR count). The molecule has 4 heteroatoms. The summed E-state index contributed by atoms with van der Waals surface area (Å²) in [5.41, 5.74) is 0.167. The molecule has 0 aromatic heterocycles. The fourth-order valence-electron chi connectivity index (χ4n) is 1.23. The minimum absolute atomic E-state index is 0.112. The fraction of sp³-hybridized carbons (Fsp3) is 0.273. The normalized spacial score (nSPS) is 13.2. The molecule has 0 bridgehead atoms. The largest absolute Gasteiger partial charge is 0.407 e. The smallest absolute Gasteiger partial charge is 0.292 e. The molecule has 0 fully saturated rings. The first-order chi connectivity index (χ1) is 7.05. The second kappa shape index (κ2) is 4.85. The number of nitrogens with one attached hydrogen (secondary N) is 1. The molecule has 0 radical (unpaired) electrons. The monoisotopic (exact) mass is 213 g/mol. The van der Waals surface area contributed by atoms with Crippen LogP contribution in [-0.2, 0) is 0 Å². The fourth-order valence-corrected chi connectivity index (χ4v) is 1.23. The van der Waals surface area contributed by atoms with Gasteiger partial charge < -0.3 is 0 Å². The van der Waals surface area contributed by atoms with Crippen LogP contribution in [0.2, 0.25) is 0 Å². The van der Waals surface area contributed by atoms with Crippen molar-refractivity contribution in [2.24, 2.45) is 0 Å². The molecule has 1 N–H and O–H groups in total. The van der Waals surface area contributed by atoms with Gasteiger partial charge in [0.15, 0.2) is 0 Å². The molecule has 0 aliphatic carbocycles. The quantitative estimate of drug-likeness (QED) is 0.761. The Morgan fingerprint density at radius 2 is 1.87 bits per heavy atom. The molecular weight excluding hydrogens is 203 g/mol. The lowest BCUT2D eigenvalue weighted by atomic mass is 10.1. The molecule has 1 nitrogen and oxygen atoms in total. The van der Waals surface area contributed by atoms with Gasteiger partial charge in [0.1, 0.15) is 6.04 Å². The van der Waals surface area contributed by atoms with Crippen LogP contribution in [0.1, 0.15) is 11.6 Å². The topological polar surface area (TPSA) is 12.0 Å². The number of halogens is 3. The first kappa shape index (κ1) is 11.6. The molecule has 0 aliphatic rings. The number of benzene rings is 1. The second-order valence-corrected chi connectivity index (χ2v) is 2.97. The summed E-state index contributed by atoms with van der Waals surface area (Å²) < 4.78 is 37.8. The van der Waals surface area contributed by atoms with Crippen molar-refractivity contribution in [3.63, 3.8) is 0 Å². The van der Waals surface area contributed by atoms with Crippen molar-refractivity contribution in [1.29, 1.82) is 0 Å². The van der Waals surface area contributed by atoms with E-state index in [2.05, 4.69) is 11.2 Å². The summed E-state index contributed by atoms with van der Waals surface area (Å²) in [5.74, 6) is 2.13. The Labute approximate surface area is 86.3 Å². The number of rotatable bonds is 3. The average Bonchev–Trinajstić information content (AvgIpc) is 2.18. The maximum Gasteiger partial charge on any atom is 0.407 e. The summed E-state index contributed by atoms with van der Waals surface area (Å²) in [6.45, 7) is -0.112. The van der Waals surface area contributed by atoms with Crippen LogP contribution in [0.5, 0.6) is 0 Å². The molecule has 80 valence electrons. The van der Waals surface area contributed by atoms with E-state index in [4.69, 9.17) is 6.42 Å². The molecular formula is C11H10F3N. The van der Waals surface area contributed by atoms with Gasteiger partial charge in [0, 0.05) is 0 Å². The zero-order valence-electron chi connectivity index (χ0n) is 7.88. The lowest BCUT2D eigenvalue weighted by molar-refractivity contribution is -0.157. The minimum atomic E-state index is -4.34. The molecule has 1 aromatic carbocycles. The van der Waals surface area contributed by atoms with Gasteiger partial charge in [-0.05, 0) is 5.56 Å². The van der Waals surface area contributed by atoms with Crippen LogP contribution < -0.4 is 5.32 Å². The van der Waals surface area contributed by atoms with Crippen LogP contribution in [-0.4, -0.2) is 12.7 Å². The van der Waals surface area contributed by atoms with Crippen LogP contribution in [0.15, 0.2) is 30.3 Å². The Balaban J connectivity index is 2.88. The Hall–Kier alpha value is -1.47. The number of hydrogen-bond acceptors (Lipinski definition) is 1. The van der Waals surface area contributed by atoms with E-state index in [1.807, 2.05) is 0 Å². The van der Waals surface area contributed by atoms with Gasteiger partial charge in [0.05, 0.1) is 6.54 Å². The highest BCUT2D eigenvalue weighted by Crippen LogP contribution is 2.32. The third-order valence-corrected chi connectivity index (χ3v) is 1.87. The Morgan fingerprint density at radius 1 is 1.27 bits per heavy atom. The SMILES string of the molecule is C#CCNC(c1ccccc1)C(F)(F)F. The second-order valence-electron chi connectivity index (χ2n) is 2.97. The molecule has 0 saturated heterocycles. The predicted octanol–water partition coefficient (Wildman–Crippen LogP) is 2.51. The maximum atomic E-state index is 12.6. The van der Waals surface area contributed by atoms with Gasteiger partial charge >= 0.3 is 6.18 Å². The van der Waals surface area contributed by atoms with E-state index < -0.39 is 12.2 Å². The van der Waals surface area contributed by atoms with Crippen molar-refractivity contribution in [3.05, 3.63) is 35.9 Å². The Kier molecular flexibility index (Phi) is 3.75. The number of hydrogen-bond donors (Lipinski definition) is 1. The lowest BCUT2D eigenvalue weighted by Crippen LogP contribution is -2.34. The number of terminal acetylenes is 1. The van der Waals surface area contributed by atoms with Gasteiger partial charge in [-0.15, -0.1) is 6.42 Å². The summed E-state index contributed by atoms with van der Waals surface area (Å²) >= 11 is 0. The van der Waals surface area contributed by atoms with Gasteiger partial charge in [-0.1, -0.05) is 36.3 Å². The predicted molar refractivity (Wildman–Crippen MR) is 52.1 cm³/mol. The molecule has 1 unspecified atom stereocenters. The van der Waals surface area contributed by atoms with Crippen molar-refractivity contribution in [2.45, 2.75) is 12.2 Å². The summed E-state index contributed by atoms with van der Waals surface area (Å²) in [5, 5.41) is 2.26. The van der Waals surface area contributed by atoms with Crippen molar-refractivity contribution < 1.29 is 13.2 Å². The first-order valence-corrected chi connectivity index (χ1v) is 4.34. The lowest BCUT2D eigenvalue weighted by Gasteiger charge is -2.20. The van der Waals surface area contributed by atoms with E-state index in [0.717, 1.165) is 0 Å². The van der Waals surface area contributed by atoms with Crippen molar-refractivity contribution in [1.82, 2.24) is 5.32 Å². The van der Waals surface area contributed by atoms with E-state index in [1.54, 1.807) is 18.2 Å². The van der Waals surface area contributed by atoms with E-state index in [0.29, 0.717) is 0 Å². The zero-order valence-corrected chi connectivity index (χ0v) is 7.88. The Bertz CT molecular complexity index is 337. The summed E-state index contributed by atoms with van der Waals surface area (Å²) in [6.07, 6.45) is 0.583. The molecule has 0 aliphatic heterocycles. The summed E-state index contributed by atoms with van der Waals surface area (Å²) in [7, 11) is 0. The Morgan fingerprint density at radius 3 is 2.33 bits per heavy atom. The molecule has 0 spiro atoms. The molecule has 1 aromatic rings. The van der Waals surface area contributed by atoms with Crippen LogP contribution in [0, 0.1) is 12.3 Å². The molecule has 0 heterocycles. The maximum absolute atomic E-state index is 12.6. The average molecular weight is 213 g/mol. The van der Waals surface area contributed by atoms with Crippen molar-refractivity contribution in [3.8, 4) is 12.3 Å². The van der Waals surface area contributed by atoms with Gasteiger partial charge in [0.2, 0.25) is 0 Å². The number of alkyl halides is 3. The third-order valence-electron chi connectivity index (χ3n) is 1.87. The highest BCUT2D eigenvalue weighted by atomic mass is 19.4.